The molecule has 0 aliphatic carbocycles. The lowest BCUT2D eigenvalue weighted by Crippen LogP contribution is -2.36. The van der Waals surface area contributed by atoms with Crippen LogP contribution in [0.2, 0.25) is 5.02 Å². The van der Waals surface area contributed by atoms with E-state index < -0.39 is 0 Å². The van der Waals surface area contributed by atoms with Crippen molar-refractivity contribution in [2.24, 2.45) is 0 Å². The van der Waals surface area contributed by atoms with Gasteiger partial charge in [0.2, 0.25) is 5.91 Å². The molecule has 1 N–H and O–H groups in total. The summed E-state index contributed by atoms with van der Waals surface area (Å²) in [7, 11) is 1.93. The van der Waals surface area contributed by atoms with E-state index in [1.165, 1.54) is 4.88 Å². The first-order valence-electron chi connectivity index (χ1n) is 7.09. The lowest BCUT2D eigenvalue weighted by Gasteiger charge is -2.15. The van der Waals surface area contributed by atoms with Crippen molar-refractivity contribution in [1.29, 1.82) is 0 Å². The van der Waals surface area contributed by atoms with E-state index in [1.54, 1.807) is 35.6 Å². The first kappa shape index (κ1) is 18.3. The van der Waals surface area contributed by atoms with E-state index in [1.807, 2.05) is 17.3 Å². The van der Waals surface area contributed by atoms with Crippen molar-refractivity contribution < 1.29 is 9.53 Å². The topological polar surface area (TPSA) is 41.6 Å². The van der Waals surface area contributed by atoms with Gasteiger partial charge in [0.05, 0.1) is 13.1 Å². The molecule has 124 valence electrons. The maximum Gasteiger partial charge on any atom is 0.234 e. The van der Waals surface area contributed by atoms with Crippen LogP contribution >= 0.6 is 38.9 Å². The van der Waals surface area contributed by atoms with E-state index in [0.717, 1.165) is 16.8 Å². The van der Waals surface area contributed by atoms with Gasteiger partial charge < -0.3 is 10.1 Å². The van der Waals surface area contributed by atoms with Crippen LogP contribution in [0.25, 0.3) is 0 Å². The van der Waals surface area contributed by atoms with Crippen molar-refractivity contribution in [1.82, 2.24) is 10.2 Å². The average Bonchev–Trinajstić information content (AvgIpc) is 2.90. The highest BCUT2D eigenvalue weighted by molar-refractivity contribution is 9.10. The third-order valence-electron chi connectivity index (χ3n) is 2.97. The summed E-state index contributed by atoms with van der Waals surface area (Å²) in [5.41, 5.74) is 0. The molecule has 2 rings (SSSR count). The van der Waals surface area contributed by atoms with Crippen LogP contribution in [0.4, 0.5) is 0 Å². The molecule has 1 amide bonds. The largest absolute Gasteiger partial charge is 0.492 e. The first-order valence-corrected chi connectivity index (χ1v) is 9.14. The number of carbonyl (C=O) groups excluding carboxylic acids is 1. The molecule has 2 aromatic rings. The Balaban J connectivity index is 1.61. The Bertz CT molecular complexity index is 633. The van der Waals surface area contributed by atoms with Crippen LogP contribution in [0.3, 0.4) is 0 Å². The second kappa shape index (κ2) is 9.27. The van der Waals surface area contributed by atoms with Crippen molar-refractivity contribution in [3.63, 3.8) is 0 Å². The first-order chi connectivity index (χ1) is 11.0. The molecule has 1 aromatic carbocycles. The summed E-state index contributed by atoms with van der Waals surface area (Å²) in [5, 5.41) is 5.56. The van der Waals surface area contributed by atoms with E-state index >= 15 is 0 Å². The Morgan fingerprint density at radius 3 is 2.78 bits per heavy atom. The molecule has 1 aromatic heterocycles. The summed E-state index contributed by atoms with van der Waals surface area (Å²) < 4.78 is 6.60. The number of amides is 1. The van der Waals surface area contributed by atoms with Crippen molar-refractivity contribution in [3.05, 3.63) is 50.1 Å². The number of halogens is 2. The number of likely N-dealkylation sites (N-methyl/N-ethyl adjacent to an activating group) is 1. The Kier molecular flexibility index (Phi) is 7.36. The summed E-state index contributed by atoms with van der Waals surface area (Å²) in [6, 6.07) is 9.22. The van der Waals surface area contributed by atoms with Crippen LogP contribution in [0.15, 0.2) is 40.2 Å². The normalized spacial score (nSPS) is 10.8. The molecular formula is C16H18BrClN2O2S. The number of hydrogen-bond donors (Lipinski definition) is 1. The monoisotopic (exact) mass is 416 g/mol. The smallest absolute Gasteiger partial charge is 0.234 e. The zero-order valence-electron chi connectivity index (χ0n) is 12.7. The number of hydrogen-bond acceptors (Lipinski definition) is 4. The molecule has 0 saturated carbocycles. The molecule has 0 unspecified atom stereocenters. The van der Waals surface area contributed by atoms with Gasteiger partial charge in [-0.2, -0.15) is 0 Å². The van der Waals surface area contributed by atoms with Crippen molar-refractivity contribution >= 4 is 44.8 Å². The minimum absolute atomic E-state index is 0.0113. The highest BCUT2D eigenvalue weighted by Gasteiger charge is 2.08. The number of thiophene rings is 1. The lowest BCUT2D eigenvalue weighted by molar-refractivity contribution is -0.122. The fraction of sp³-hybridized carbons (Fsp3) is 0.312. The average molecular weight is 418 g/mol. The summed E-state index contributed by atoms with van der Waals surface area (Å²) in [6.45, 7) is 2.01. The molecule has 7 heteroatoms. The van der Waals surface area contributed by atoms with Crippen LogP contribution in [-0.2, 0) is 11.3 Å². The van der Waals surface area contributed by atoms with Gasteiger partial charge in [0.25, 0.3) is 0 Å². The quantitative estimate of drug-likeness (QED) is 0.664. The third-order valence-corrected chi connectivity index (χ3v) is 4.90. The van der Waals surface area contributed by atoms with Gasteiger partial charge in [-0.1, -0.05) is 11.6 Å². The molecule has 0 saturated heterocycles. The summed E-state index contributed by atoms with van der Waals surface area (Å²) in [4.78, 5) is 15.1. The van der Waals surface area contributed by atoms with Crippen LogP contribution in [0, 0.1) is 0 Å². The number of ether oxygens (including phenoxy) is 1. The molecule has 0 atom stereocenters. The Morgan fingerprint density at radius 2 is 2.13 bits per heavy atom. The molecular weight excluding hydrogens is 400 g/mol. The molecule has 0 bridgehead atoms. The van der Waals surface area contributed by atoms with Crippen LogP contribution in [-0.4, -0.2) is 37.6 Å². The fourth-order valence-corrected chi connectivity index (χ4v) is 3.61. The number of benzene rings is 1. The molecule has 1 heterocycles. The summed E-state index contributed by atoms with van der Waals surface area (Å²) in [5.74, 6) is 0.729. The minimum Gasteiger partial charge on any atom is -0.492 e. The second-order valence-electron chi connectivity index (χ2n) is 5.06. The number of nitrogens with zero attached hydrogens (tertiary/aromatic N) is 1. The van der Waals surface area contributed by atoms with Crippen LogP contribution in [0.5, 0.6) is 5.75 Å². The number of nitrogens with one attached hydrogen (secondary N) is 1. The van der Waals surface area contributed by atoms with Gasteiger partial charge in [0.15, 0.2) is 0 Å². The predicted molar refractivity (Wildman–Crippen MR) is 98.3 cm³/mol. The van der Waals surface area contributed by atoms with E-state index in [-0.39, 0.29) is 5.91 Å². The van der Waals surface area contributed by atoms with Gasteiger partial charge in [-0.25, -0.2) is 0 Å². The van der Waals surface area contributed by atoms with Crippen molar-refractivity contribution in [3.8, 4) is 5.75 Å². The zero-order valence-corrected chi connectivity index (χ0v) is 15.9. The van der Waals surface area contributed by atoms with Gasteiger partial charge in [0, 0.05) is 26.3 Å². The summed E-state index contributed by atoms with van der Waals surface area (Å²) >= 11 is 10.9. The zero-order chi connectivity index (χ0) is 16.7. The Hall–Kier alpha value is -1.08. The molecule has 23 heavy (non-hydrogen) atoms. The van der Waals surface area contributed by atoms with Gasteiger partial charge in [0.1, 0.15) is 12.4 Å². The van der Waals surface area contributed by atoms with Crippen molar-refractivity contribution in [2.45, 2.75) is 6.54 Å². The molecule has 4 nitrogen and oxygen atoms in total. The second-order valence-corrected chi connectivity index (χ2v) is 7.40. The van der Waals surface area contributed by atoms with Crippen molar-refractivity contribution in [2.75, 3.05) is 26.7 Å². The fourth-order valence-electron chi connectivity index (χ4n) is 1.95. The standard InChI is InChI=1S/C16H18BrClN2O2S/c1-20(9-15-8-12(17)11-23-15)10-16(21)19-6-7-22-14-4-2-13(18)3-5-14/h2-5,8,11H,6-7,9-10H2,1H3,(H,19,21). The van der Waals surface area contributed by atoms with Gasteiger partial charge >= 0.3 is 0 Å². The van der Waals surface area contributed by atoms with E-state index in [4.69, 9.17) is 16.3 Å². The van der Waals surface area contributed by atoms with Crippen LogP contribution < -0.4 is 10.1 Å². The van der Waals surface area contributed by atoms with E-state index in [9.17, 15) is 4.79 Å². The molecule has 0 spiro atoms. The Morgan fingerprint density at radius 1 is 1.39 bits per heavy atom. The van der Waals surface area contributed by atoms with Gasteiger partial charge in [-0.05, 0) is 53.3 Å². The van der Waals surface area contributed by atoms with Gasteiger partial charge in [-0.3, -0.25) is 9.69 Å². The lowest BCUT2D eigenvalue weighted by atomic mass is 10.3. The van der Waals surface area contributed by atoms with E-state index in [2.05, 4.69) is 27.3 Å². The molecule has 0 aliphatic heterocycles. The molecule has 0 radical (unpaired) electrons. The molecule has 0 aliphatic rings. The highest BCUT2D eigenvalue weighted by Crippen LogP contribution is 2.20. The maximum atomic E-state index is 11.9. The van der Waals surface area contributed by atoms with Crippen LogP contribution in [0.1, 0.15) is 4.88 Å². The SMILES string of the molecule is CN(CC(=O)NCCOc1ccc(Cl)cc1)Cc1cc(Br)cs1. The Labute approximate surface area is 153 Å². The van der Waals surface area contributed by atoms with Gasteiger partial charge in [-0.15, -0.1) is 11.3 Å². The third kappa shape index (κ3) is 6.91. The summed E-state index contributed by atoms with van der Waals surface area (Å²) in [6.07, 6.45) is 0. The highest BCUT2D eigenvalue weighted by atomic mass is 79.9. The predicted octanol–water partition coefficient (Wildman–Crippen LogP) is 3.79. The van der Waals surface area contributed by atoms with E-state index in [0.29, 0.717) is 24.7 Å². The number of rotatable bonds is 8. The maximum absolute atomic E-state index is 11.9. The molecule has 0 fully saturated rings. The number of carbonyl (C=O) groups is 1. The minimum atomic E-state index is -0.0113.